The van der Waals surface area contributed by atoms with Crippen molar-refractivity contribution in [3.8, 4) is 0 Å². The van der Waals surface area contributed by atoms with Gasteiger partial charge in [-0.2, -0.15) is 0 Å². The number of thiol groups is 1. The molecule has 0 aromatic carbocycles. The predicted molar refractivity (Wildman–Crippen MR) is 47.5 cm³/mol. The summed E-state index contributed by atoms with van der Waals surface area (Å²) in [7, 11) is 0. The molecule has 2 nitrogen and oxygen atoms in total. The fourth-order valence-electron chi connectivity index (χ4n) is 1.26. The number of aryl methyl sites for hydroxylation is 1. The van der Waals surface area contributed by atoms with E-state index in [1.807, 2.05) is 13.8 Å². The lowest BCUT2D eigenvalue weighted by Gasteiger charge is -1.93. The molecular weight excluding hydrogens is 158 g/mol. The van der Waals surface area contributed by atoms with Crippen LogP contribution in [0.25, 0.3) is 0 Å². The third kappa shape index (κ3) is 1.33. The summed E-state index contributed by atoms with van der Waals surface area (Å²) < 4.78 is 0. The van der Waals surface area contributed by atoms with Crippen LogP contribution in [0.4, 0.5) is 0 Å². The molecule has 0 saturated carbocycles. The van der Waals surface area contributed by atoms with E-state index in [9.17, 15) is 4.79 Å². The van der Waals surface area contributed by atoms with Crippen molar-refractivity contribution in [2.24, 2.45) is 0 Å². The Morgan fingerprint density at radius 3 is 2.18 bits per heavy atom. The van der Waals surface area contributed by atoms with Gasteiger partial charge in [0, 0.05) is 11.3 Å². The number of Topliss-reactive ketones (excluding diaryl/α,β-unsaturated/α-hetero) is 1. The van der Waals surface area contributed by atoms with E-state index < -0.39 is 0 Å². The molecule has 0 spiro atoms. The zero-order valence-electron chi connectivity index (χ0n) is 6.86. The molecule has 1 heterocycles. The Hall–Kier alpha value is -0.700. The van der Waals surface area contributed by atoms with Gasteiger partial charge in [0.1, 0.15) is 0 Å². The van der Waals surface area contributed by atoms with Crippen LogP contribution in [-0.4, -0.2) is 10.8 Å². The highest BCUT2D eigenvalue weighted by molar-refractivity contribution is 7.80. The minimum Gasteiger partial charge on any atom is -0.353 e. The van der Waals surface area contributed by atoms with Gasteiger partial charge in [-0.05, 0) is 26.3 Å². The maximum absolute atomic E-state index is 11.0. The van der Waals surface area contributed by atoms with Crippen molar-refractivity contribution in [1.82, 2.24) is 4.98 Å². The third-order valence-electron chi connectivity index (χ3n) is 1.76. The van der Waals surface area contributed by atoms with E-state index >= 15 is 0 Å². The van der Waals surface area contributed by atoms with Gasteiger partial charge in [0.25, 0.3) is 0 Å². The highest BCUT2D eigenvalue weighted by Crippen LogP contribution is 2.20. The summed E-state index contributed by atoms with van der Waals surface area (Å²) in [5, 5.41) is 0.785. The van der Waals surface area contributed by atoms with E-state index in [4.69, 9.17) is 0 Å². The van der Waals surface area contributed by atoms with E-state index in [2.05, 4.69) is 17.6 Å². The van der Waals surface area contributed by atoms with Crippen LogP contribution < -0.4 is 0 Å². The molecule has 0 unspecified atom stereocenters. The van der Waals surface area contributed by atoms with E-state index in [0.29, 0.717) is 0 Å². The molecule has 1 N–H and O–H groups in total. The minimum absolute atomic E-state index is 0.0940. The fraction of sp³-hybridized carbons (Fsp3) is 0.375. The summed E-state index contributed by atoms with van der Waals surface area (Å²) in [6.07, 6.45) is 0. The van der Waals surface area contributed by atoms with Crippen LogP contribution in [0.2, 0.25) is 0 Å². The number of hydrogen-bond donors (Lipinski definition) is 2. The average molecular weight is 169 g/mol. The molecular formula is C8H11NOS. The number of nitrogens with one attached hydrogen (secondary N) is 1. The number of carbonyl (C=O) groups is 1. The second-order valence-electron chi connectivity index (χ2n) is 2.65. The summed E-state index contributed by atoms with van der Waals surface area (Å²) >= 11 is 4.18. The molecule has 0 aliphatic rings. The standard InChI is InChI=1S/C8H11NOS/c1-4-7(6(3)10)5(2)9-8(4)11/h9,11H,1-3H3. The summed E-state index contributed by atoms with van der Waals surface area (Å²) in [6, 6.07) is 0. The molecule has 60 valence electrons. The van der Waals surface area contributed by atoms with Gasteiger partial charge in [-0.25, -0.2) is 0 Å². The van der Waals surface area contributed by atoms with Gasteiger partial charge in [0.15, 0.2) is 5.78 Å². The minimum atomic E-state index is 0.0940. The zero-order chi connectivity index (χ0) is 8.59. The quantitative estimate of drug-likeness (QED) is 0.490. The van der Waals surface area contributed by atoms with Crippen LogP contribution >= 0.6 is 12.6 Å². The number of hydrogen-bond acceptors (Lipinski definition) is 2. The molecule has 0 saturated heterocycles. The monoisotopic (exact) mass is 169 g/mol. The molecule has 0 bridgehead atoms. The first-order valence-corrected chi connectivity index (χ1v) is 3.87. The Balaban J connectivity index is 3.34. The number of aromatic nitrogens is 1. The predicted octanol–water partition coefficient (Wildman–Crippen LogP) is 2.12. The van der Waals surface area contributed by atoms with E-state index in [1.165, 1.54) is 0 Å². The Kier molecular flexibility index (Phi) is 2.09. The van der Waals surface area contributed by atoms with Gasteiger partial charge in [-0.15, -0.1) is 12.6 Å². The van der Waals surface area contributed by atoms with Gasteiger partial charge in [-0.3, -0.25) is 4.79 Å². The first kappa shape index (κ1) is 8.40. The largest absolute Gasteiger partial charge is 0.353 e. The van der Waals surface area contributed by atoms with Crippen molar-refractivity contribution in [3.63, 3.8) is 0 Å². The van der Waals surface area contributed by atoms with E-state index in [-0.39, 0.29) is 5.78 Å². The molecule has 0 aliphatic carbocycles. The van der Waals surface area contributed by atoms with E-state index in [0.717, 1.165) is 21.8 Å². The first-order chi connectivity index (χ1) is 5.04. The van der Waals surface area contributed by atoms with Crippen LogP contribution in [0.15, 0.2) is 5.03 Å². The maximum Gasteiger partial charge on any atom is 0.161 e. The summed E-state index contributed by atoms with van der Waals surface area (Å²) in [6.45, 7) is 5.34. The molecule has 0 aliphatic heterocycles. The Labute approximate surface area is 71.4 Å². The van der Waals surface area contributed by atoms with Crippen molar-refractivity contribution in [3.05, 3.63) is 16.8 Å². The van der Waals surface area contributed by atoms with Gasteiger partial charge in [0.05, 0.1) is 5.03 Å². The van der Waals surface area contributed by atoms with Crippen LogP contribution in [0, 0.1) is 13.8 Å². The normalized spacial score (nSPS) is 10.2. The Morgan fingerprint density at radius 1 is 1.45 bits per heavy atom. The molecule has 11 heavy (non-hydrogen) atoms. The van der Waals surface area contributed by atoms with Crippen LogP contribution in [-0.2, 0) is 0 Å². The van der Waals surface area contributed by atoms with Crippen LogP contribution in [0.5, 0.6) is 0 Å². The average Bonchev–Trinajstić information content (AvgIpc) is 2.07. The lowest BCUT2D eigenvalue weighted by atomic mass is 10.1. The van der Waals surface area contributed by atoms with Gasteiger partial charge >= 0.3 is 0 Å². The van der Waals surface area contributed by atoms with Crippen LogP contribution in [0.3, 0.4) is 0 Å². The second kappa shape index (κ2) is 2.74. The smallest absolute Gasteiger partial charge is 0.161 e. The fourth-order valence-corrected chi connectivity index (χ4v) is 1.54. The maximum atomic E-state index is 11.0. The highest BCUT2D eigenvalue weighted by Gasteiger charge is 2.11. The molecule has 1 aromatic rings. The molecule has 0 fully saturated rings. The van der Waals surface area contributed by atoms with Crippen molar-refractivity contribution in [2.45, 2.75) is 25.8 Å². The zero-order valence-corrected chi connectivity index (χ0v) is 7.75. The lowest BCUT2D eigenvalue weighted by molar-refractivity contribution is 0.101. The van der Waals surface area contributed by atoms with E-state index in [1.54, 1.807) is 6.92 Å². The van der Waals surface area contributed by atoms with Crippen molar-refractivity contribution < 1.29 is 4.79 Å². The first-order valence-electron chi connectivity index (χ1n) is 3.43. The number of aromatic amines is 1. The number of rotatable bonds is 1. The molecule has 1 rings (SSSR count). The second-order valence-corrected chi connectivity index (χ2v) is 3.10. The topological polar surface area (TPSA) is 32.9 Å². The molecule has 3 heteroatoms. The highest BCUT2D eigenvalue weighted by atomic mass is 32.1. The van der Waals surface area contributed by atoms with Gasteiger partial charge in [-0.1, -0.05) is 0 Å². The Bertz CT molecular complexity index is 301. The van der Waals surface area contributed by atoms with Crippen LogP contribution in [0.1, 0.15) is 28.5 Å². The molecule has 0 atom stereocenters. The van der Waals surface area contributed by atoms with Gasteiger partial charge < -0.3 is 4.98 Å². The van der Waals surface area contributed by atoms with Gasteiger partial charge in [0.2, 0.25) is 0 Å². The molecule has 0 radical (unpaired) electrons. The summed E-state index contributed by atoms with van der Waals surface area (Å²) in [5.74, 6) is 0.0940. The molecule has 1 aromatic heterocycles. The number of H-pyrrole nitrogens is 1. The molecule has 0 amide bonds. The van der Waals surface area contributed by atoms with Crippen molar-refractivity contribution in [2.75, 3.05) is 0 Å². The SMILES string of the molecule is CC(=O)c1c(C)[nH]c(S)c1C. The lowest BCUT2D eigenvalue weighted by Crippen LogP contribution is -1.94. The van der Waals surface area contributed by atoms with Crippen molar-refractivity contribution >= 4 is 18.4 Å². The van der Waals surface area contributed by atoms with Crippen molar-refractivity contribution in [1.29, 1.82) is 0 Å². The summed E-state index contributed by atoms with van der Waals surface area (Å²) in [4.78, 5) is 14.0. The third-order valence-corrected chi connectivity index (χ3v) is 2.21. The summed E-state index contributed by atoms with van der Waals surface area (Å²) in [5.41, 5.74) is 2.62. The number of carbonyl (C=O) groups excluding carboxylic acids is 1. The Morgan fingerprint density at radius 2 is 2.00 bits per heavy atom. The number of ketones is 1.